The van der Waals surface area contributed by atoms with Crippen LogP contribution < -0.4 is 10.6 Å². The molecular weight excluding hydrogens is 382 g/mol. The predicted octanol–water partition coefficient (Wildman–Crippen LogP) is 2.94. The van der Waals surface area contributed by atoms with Crippen molar-refractivity contribution >= 4 is 29.4 Å². The number of hydrogen-bond acceptors (Lipinski definition) is 4. The average Bonchev–Trinajstić information content (AvgIpc) is 3.39. The van der Waals surface area contributed by atoms with Gasteiger partial charge in [-0.3, -0.25) is 14.5 Å². The SMILES string of the molecule is C[C@]1(C2CC2)NC(=O)N(CC(=O)NCc2ccc(-c3ccc(Cl)cc3)o2)C1=O. The van der Waals surface area contributed by atoms with E-state index in [1.54, 1.807) is 25.1 Å². The van der Waals surface area contributed by atoms with Crippen LogP contribution in [-0.4, -0.2) is 34.8 Å². The van der Waals surface area contributed by atoms with Gasteiger partial charge in [0, 0.05) is 10.6 Å². The Balaban J connectivity index is 1.33. The maximum absolute atomic E-state index is 12.5. The predicted molar refractivity (Wildman–Crippen MR) is 102 cm³/mol. The van der Waals surface area contributed by atoms with Gasteiger partial charge < -0.3 is 15.1 Å². The Morgan fingerprint density at radius 1 is 1.25 bits per heavy atom. The number of benzene rings is 1. The third-order valence-corrected chi connectivity index (χ3v) is 5.50. The molecule has 1 atom stereocenters. The molecule has 146 valence electrons. The smallest absolute Gasteiger partial charge is 0.325 e. The lowest BCUT2D eigenvalue weighted by Crippen LogP contribution is -2.46. The third kappa shape index (κ3) is 3.49. The Morgan fingerprint density at radius 2 is 1.96 bits per heavy atom. The number of rotatable bonds is 6. The minimum Gasteiger partial charge on any atom is -0.459 e. The van der Waals surface area contributed by atoms with Gasteiger partial charge in [0.1, 0.15) is 23.6 Å². The van der Waals surface area contributed by atoms with Crippen molar-refractivity contribution in [1.29, 1.82) is 0 Å². The van der Waals surface area contributed by atoms with Crippen LogP contribution in [0.4, 0.5) is 4.79 Å². The average molecular weight is 402 g/mol. The second-order valence-corrected chi connectivity index (χ2v) is 7.78. The summed E-state index contributed by atoms with van der Waals surface area (Å²) in [4.78, 5) is 37.9. The van der Waals surface area contributed by atoms with Crippen LogP contribution in [0.2, 0.25) is 5.02 Å². The first-order valence-electron chi connectivity index (χ1n) is 9.12. The highest BCUT2D eigenvalue weighted by atomic mass is 35.5. The van der Waals surface area contributed by atoms with Gasteiger partial charge in [-0.2, -0.15) is 0 Å². The van der Waals surface area contributed by atoms with E-state index in [-0.39, 0.29) is 24.9 Å². The molecule has 2 heterocycles. The molecule has 4 rings (SSSR count). The molecule has 1 aliphatic carbocycles. The summed E-state index contributed by atoms with van der Waals surface area (Å²) in [6, 6.07) is 10.3. The van der Waals surface area contributed by atoms with E-state index in [0.29, 0.717) is 16.5 Å². The number of carbonyl (C=O) groups excluding carboxylic acids is 3. The maximum Gasteiger partial charge on any atom is 0.325 e. The van der Waals surface area contributed by atoms with E-state index < -0.39 is 17.5 Å². The van der Waals surface area contributed by atoms with Crippen LogP contribution in [-0.2, 0) is 16.1 Å². The summed E-state index contributed by atoms with van der Waals surface area (Å²) in [5, 5.41) is 6.05. The lowest BCUT2D eigenvalue weighted by molar-refractivity contribution is -0.135. The Bertz CT molecular complexity index is 935. The standard InChI is InChI=1S/C20H20ClN3O4/c1-20(13-4-5-13)18(26)24(19(27)23-20)11-17(25)22-10-15-8-9-16(28-15)12-2-6-14(21)7-3-12/h2-3,6-9,13H,4-5,10-11H2,1H3,(H,22,25)(H,23,27)/t20-/m1/s1. The molecule has 0 spiro atoms. The van der Waals surface area contributed by atoms with E-state index >= 15 is 0 Å². The minimum atomic E-state index is -0.883. The van der Waals surface area contributed by atoms with Crippen molar-refractivity contribution in [1.82, 2.24) is 15.5 Å². The van der Waals surface area contributed by atoms with E-state index in [4.69, 9.17) is 16.0 Å². The summed E-state index contributed by atoms with van der Waals surface area (Å²) < 4.78 is 5.73. The Kier molecular flexibility index (Phi) is 4.63. The fourth-order valence-electron chi connectivity index (χ4n) is 3.42. The zero-order chi connectivity index (χ0) is 19.9. The number of nitrogens with one attached hydrogen (secondary N) is 2. The van der Waals surface area contributed by atoms with Crippen LogP contribution in [0.25, 0.3) is 11.3 Å². The highest BCUT2D eigenvalue weighted by Gasteiger charge is 2.56. The van der Waals surface area contributed by atoms with E-state index in [0.717, 1.165) is 23.3 Å². The molecule has 8 heteroatoms. The van der Waals surface area contributed by atoms with Crippen molar-refractivity contribution in [3.8, 4) is 11.3 Å². The molecule has 2 aromatic rings. The fraction of sp³-hybridized carbons (Fsp3) is 0.350. The molecule has 2 N–H and O–H groups in total. The van der Waals surface area contributed by atoms with Crippen LogP contribution in [0.5, 0.6) is 0 Å². The molecular formula is C20H20ClN3O4. The number of nitrogens with zero attached hydrogens (tertiary/aromatic N) is 1. The lowest BCUT2D eigenvalue weighted by Gasteiger charge is -2.20. The molecule has 1 saturated heterocycles. The quantitative estimate of drug-likeness (QED) is 0.728. The molecule has 0 radical (unpaired) electrons. The Hall–Kier alpha value is -2.80. The highest BCUT2D eigenvalue weighted by Crippen LogP contribution is 2.42. The molecule has 1 aliphatic heterocycles. The van der Waals surface area contributed by atoms with Gasteiger partial charge in [0.05, 0.1) is 6.54 Å². The van der Waals surface area contributed by atoms with Crippen LogP contribution in [0, 0.1) is 5.92 Å². The molecule has 28 heavy (non-hydrogen) atoms. The maximum atomic E-state index is 12.5. The highest BCUT2D eigenvalue weighted by molar-refractivity contribution is 6.30. The van der Waals surface area contributed by atoms with Gasteiger partial charge in [0.15, 0.2) is 0 Å². The van der Waals surface area contributed by atoms with Crippen LogP contribution in [0.1, 0.15) is 25.5 Å². The molecule has 7 nitrogen and oxygen atoms in total. The minimum absolute atomic E-state index is 0.159. The second kappa shape index (κ2) is 6.98. The first-order chi connectivity index (χ1) is 13.4. The number of hydrogen-bond donors (Lipinski definition) is 2. The first-order valence-corrected chi connectivity index (χ1v) is 9.50. The van der Waals surface area contributed by atoms with Gasteiger partial charge in [-0.05, 0) is 62.1 Å². The van der Waals surface area contributed by atoms with Gasteiger partial charge in [-0.1, -0.05) is 11.6 Å². The first kappa shape index (κ1) is 18.6. The number of imide groups is 1. The molecule has 0 bridgehead atoms. The van der Waals surface area contributed by atoms with Crippen LogP contribution in [0.3, 0.4) is 0 Å². The van der Waals surface area contributed by atoms with Crippen LogP contribution in [0.15, 0.2) is 40.8 Å². The van der Waals surface area contributed by atoms with E-state index in [1.165, 1.54) is 0 Å². The molecule has 1 aromatic carbocycles. The summed E-state index contributed by atoms with van der Waals surface area (Å²) in [6.45, 7) is 1.58. The van der Waals surface area contributed by atoms with Gasteiger partial charge in [-0.15, -0.1) is 0 Å². The van der Waals surface area contributed by atoms with Gasteiger partial charge >= 0.3 is 6.03 Å². The zero-order valence-electron chi connectivity index (χ0n) is 15.3. The molecule has 1 aromatic heterocycles. The van der Waals surface area contributed by atoms with E-state index in [9.17, 15) is 14.4 Å². The van der Waals surface area contributed by atoms with Crippen LogP contribution >= 0.6 is 11.6 Å². The normalized spacial score (nSPS) is 21.7. The number of halogens is 1. The van der Waals surface area contributed by atoms with Gasteiger partial charge in [0.2, 0.25) is 5.91 Å². The fourth-order valence-corrected chi connectivity index (χ4v) is 3.55. The van der Waals surface area contributed by atoms with E-state index in [2.05, 4.69) is 10.6 Å². The van der Waals surface area contributed by atoms with E-state index in [1.807, 2.05) is 18.2 Å². The molecule has 2 aliphatic rings. The Labute approximate surface area is 167 Å². The van der Waals surface area contributed by atoms with Gasteiger partial charge in [0.25, 0.3) is 5.91 Å². The number of carbonyl (C=O) groups is 3. The van der Waals surface area contributed by atoms with Gasteiger partial charge in [-0.25, -0.2) is 4.79 Å². The van der Waals surface area contributed by atoms with Crippen molar-refractivity contribution in [2.75, 3.05) is 6.54 Å². The molecule has 2 fully saturated rings. The van der Waals surface area contributed by atoms with Crippen molar-refractivity contribution in [3.05, 3.63) is 47.2 Å². The van der Waals surface area contributed by atoms with Crippen molar-refractivity contribution in [2.24, 2.45) is 5.92 Å². The van der Waals surface area contributed by atoms with Crippen molar-refractivity contribution in [3.63, 3.8) is 0 Å². The summed E-state index contributed by atoms with van der Waals surface area (Å²) >= 11 is 5.88. The number of furan rings is 1. The Morgan fingerprint density at radius 3 is 2.64 bits per heavy atom. The monoisotopic (exact) mass is 401 g/mol. The topological polar surface area (TPSA) is 91.7 Å². The third-order valence-electron chi connectivity index (χ3n) is 5.25. The second-order valence-electron chi connectivity index (χ2n) is 7.35. The van der Waals surface area contributed by atoms with Crippen molar-refractivity contribution in [2.45, 2.75) is 31.8 Å². The summed E-state index contributed by atoms with van der Waals surface area (Å²) in [6.07, 6.45) is 1.83. The molecule has 1 saturated carbocycles. The lowest BCUT2D eigenvalue weighted by atomic mass is 9.96. The molecule has 4 amide bonds. The molecule has 0 unspecified atom stereocenters. The summed E-state index contributed by atoms with van der Waals surface area (Å²) in [5.74, 6) is 0.631. The summed E-state index contributed by atoms with van der Waals surface area (Å²) in [7, 11) is 0. The number of urea groups is 1. The number of amides is 4. The zero-order valence-corrected chi connectivity index (χ0v) is 16.1. The summed E-state index contributed by atoms with van der Waals surface area (Å²) in [5.41, 5.74) is -0.00746. The largest absolute Gasteiger partial charge is 0.459 e. The van der Waals surface area contributed by atoms with Crippen molar-refractivity contribution < 1.29 is 18.8 Å².